The molecule has 164 valence electrons. The summed E-state index contributed by atoms with van der Waals surface area (Å²) in [6.07, 6.45) is 1.86. The summed E-state index contributed by atoms with van der Waals surface area (Å²) >= 11 is 6.16. The molecule has 5 nitrogen and oxygen atoms in total. The first-order chi connectivity index (χ1) is 15.5. The van der Waals surface area contributed by atoms with E-state index in [4.69, 9.17) is 11.6 Å². The minimum Gasteiger partial charge on any atom is -0.352 e. The van der Waals surface area contributed by atoms with Gasteiger partial charge in [0.25, 0.3) is 11.8 Å². The average Bonchev–Trinajstić information content (AvgIpc) is 2.89. The van der Waals surface area contributed by atoms with Crippen LogP contribution < -0.4 is 10.2 Å². The molecule has 32 heavy (non-hydrogen) atoms. The van der Waals surface area contributed by atoms with Crippen LogP contribution in [-0.2, 0) is 17.3 Å². The second kappa shape index (κ2) is 9.67. The van der Waals surface area contributed by atoms with E-state index in [1.807, 2.05) is 12.1 Å². The third kappa shape index (κ3) is 4.47. The summed E-state index contributed by atoms with van der Waals surface area (Å²) in [5.41, 5.74) is 2.11. The van der Waals surface area contributed by atoms with Crippen molar-refractivity contribution in [2.75, 3.05) is 11.4 Å². The van der Waals surface area contributed by atoms with E-state index in [2.05, 4.69) is 12.2 Å². The molecule has 7 heteroatoms. The van der Waals surface area contributed by atoms with E-state index >= 15 is 0 Å². The fraction of sp³-hybridized carbons (Fsp3) is 0.200. The number of hydrogen-bond acceptors (Lipinski definition) is 3. The second-order valence-electron chi connectivity index (χ2n) is 7.58. The van der Waals surface area contributed by atoms with Crippen LogP contribution in [0.5, 0.6) is 0 Å². The number of benzene rings is 3. The van der Waals surface area contributed by atoms with Crippen LogP contribution in [0.4, 0.5) is 5.69 Å². The fourth-order valence-electron chi connectivity index (χ4n) is 3.66. The summed E-state index contributed by atoms with van der Waals surface area (Å²) in [5, 5.41) is 3.47. The molecule has 4 rings (SSSR count). The third-order valence-electron chi connectivity index (χ3n) is 5.32. The topological polar surface area (TPSA) is 66.5 Å². The van der Waals surface area contributed by atoms with E-state index in [0.29, 0.717) is 38.2 Å². The molecule has 1 aliphatic rings. The van der Waals surface area contributed by atoms with E-state index in [9.17, 15) is 13.8 Å². The summed E-state index contributed by atoms with van der Waals surface area (Å²) in [7, 11) is -1.56. The highest BCUT2D eigenvalue weighted by Crippen LogP contribution is 2.36. The number of nitrogens with one attached hydrogen (secondary N) is 1. The number of carbonyl (C=O) groups excluding carboxylic acids is 2. The molecular weight excluding hydrogens is 444 g/mol. The van der Waals surface area contributed by atoms with Gasteiger partial charge in [0.15, 0.2) is 0 Å². The van der Waals surface area contributed by atoms with E-state index in [-0.39, 0.29) is 18.4 Å². The highest BCUT2D eigenvalue weighted by atomic mass is 35.5. The number of unbranched alkanes of at least 4 members (excludes halogenated alkanes) is 1. The van der Waals surface area contributed by atoms with Crippen LogP contribution in [0.25, 0.3) is 0 Å². The summed E-state index contributed by atoms with van der Waals surface area (Å²) in [4.78, 5) is 28.8. The van der Waals surface area contributed by atoms with Crippen LogP contribution >= 0.6 is 11.6 Å². The van der Waals surface area contributed by atoms with Crippen molar-refractivity contribution in [1.29, 1.82) is 0 Å². The molecule has 0 radical (unpaired) electrons. The van der Waals surface area contributed by atoms with Crippen molar-refractivity contribution in [2.24, 2.45) is 0 Å². The number of halogens is 1. The minimum atomic E-state index is -1.56. The van der Waals surface area contributed by atoms with Gasteiger partial charge in [-0.05, 0) is 54.4 Å². The van der Waals surface area contributed by atoms with Gasteiger partial charge < -0.3 is 10.2 Å². The van der Waals surface area contributed by atoms with E-state index in [0.717, 1.165) is 18.4 Å². The normalized spacial score (nSPS) is 15.0. The molecule has 1 heterocycles. The molecule has 0 saturated carbocycles. The molecule has 1 atom stereocenters. The van der Waals surface area contributed by atoms with E-state index in [1.54, 1.807) is 59.5 Å². The maximum absolute atomic E-state index is 13.6. The number of fused-ring (bicyclic) bond motifs is 2. The smallest absolute Gasteiger partial charge is 0.259 e. The zero-order valence-corrected chi connectivity index (χ0v) is 19.2. The van der Waals surface area contributed by atoms with Gasteiger partial charge in [0.2, 0.25) is 0 Å². The van der Waals surface area contributed by atoms with Crippen molar-refractivity contribution in [2.45, 2.75) is 36.1 Å². The molecule has 1 N–H and O–H groups in total. The summed E-state index contributed by atoms with van der Waals surface area (Å²) in [5.74, 6) is -0.486. The molecule has 1 unspecified atom stereocenters. The first-order valence-electron chi connectivity index (χ1n) is 10.5. The predicted octanol–water partition coefficient (Wildman–Crippen LogP) is 5.20. The lowest BCUT2D eigenvalue weighted by Crippen LogP contribution is -2.31. The Morgan fingerprint density at radius 3 is 2.62 bits per heavy atom. The summed E-state index contributed by atoms with van der Waals surface area (Å²) in [6.45, 7) is 2.87. The first-order valence-corrected chi connectivity index (χ1v) is 12.0. The third-order valence-corrected chi connectivity index (χ3v) is 7.05. The van der Waals surface area contributed by atoms with Gasteiger partial charge >= 0.3 is 0 Å². The Bertz CT molecular complexity index is 1210. The number of nitrogens with zero attached hydrogens (tertiary/aromatic N) is 1. The Morgan fingerprint density at radius 2 is 1.84 bits per heavy atom. The maximum Gasteiger partial charge on any atom is 0.259 e. The van der Waals surface area contributed by atoms with Gasteiger partial charge in [0.1, 0.15) is 0 Å². The van der Waals surface area contributed by atoms with Gasteiger partial charge in [0.05, 0.1) is 38.4 Å². The zero-order chi connectivity index (χ0) is 22.7. The SMILES string of the molecule is CCCCNC(=O)c1ccc2c(c1)N(Cc1cccc(Cl)c1)C(=O)c1ccccc1S2=O. The van der Waals surface area contributed by atoms with Crippen molar-refractivity contribution in [3.05, 3.63) is 88.4 Å². The Kier molecular flexibility index (Phi) is 6.72. The van der Waals surface area contributed by atoms with Crippen molar-refractivity contribution in [3.63, 3.8) is 0 Å². The van der Waals surface area contributed by atoms with Gasteiger partial charge in [0, 0.05) is 17.1 Å². The van der Waals surface area contributed by atoms with Crippen molar-refractivity contribution < 1.29 is 13.8 Å². The number of carbonyl (C=O) groups is 2. The lowest BCUT2D eigenvalue weighted by atomic mass is 10.1. The van der Waals surface area contributed by atoms with Gasteiger partial charge in [-0.2, -0.15) is 0 Å². The molecule has 0 fully saturated rings. The molecule has 3 aromatic carbocycles. The van der Waals surface area contributed by atoms with Crippen LogP contribution in [-0.4, -0.2) is 22.6 Å². The second-order valence-corrected chi connectivity index (χ2v) is 9.43. The number of anilines is 1. The van der Waals surface area contributed by atoms with E-state index < -0.39 is 10.8 Å². The Balaban J connectivity index is 1.81. The maximum atomic E-state index is 13.6. The molecule has 0 aromatic heterocycles. The molecule has 0 saturated heterocycles. The zero-order valence-electron chi connectivity index (χ0n) is 17.6. The highest BCUT2D eigenvalue weighted by molar-refractivity contribution is 7.85. The standard InChI is InChI=1S/C25H23ClN2O3S/c1-2-3-13-27-24(29)18-11-12-23-21(15-18)28(16-17-7-6-8-19(26)14-17)25(30)20-9-4-5-10-22(20)32(23)31/h4-12,14-15H,2-3,13,16H2,1H3,(H,27,29). The molecule has 3 aromatic rings. The van der Waals surface area contributed by atoms with Crippen LogP contribution in [0.1, 0.15) is 46.0 Å². The molecule has 2 amide bonds. The number of rotatable bonds is 6. The lowest BCUT2D eigenvalue weighted by molar-refractivity contribution is 0.0949. The monoisotopic (exact) mass is 466 g/mol. The van der Waals surface area contributed by atoms with Crippen LogP contribution in [0.2, 0.25) is 5.02 Å². The summed E-state index contributed by atoms with van der Waals surface area (Å²) in [6, 6.07) is 19.2. The fourth-order valence-corrected chi connectivity index (χ4v) is 5.22. The highest BCUT2D eigenvalue weighted by Gasteiger charge is 2.31. The van der Waals surface area contributed by atoms with Gasteiger partial charge in [-0.15, -0.1) is 0 Å². The van der Waals surface area contributed by atoms with Crippen molar-refractivity contribution in [1.82, 2.24) is 5.32 Å². The van der Waals surface area contributed by atoms with Gasteiger partial charge in [-0.1, -0.05) is 49.2 Å². The van der Waals surface area contributed by atoms with Crippen LogP contribution in [0, 0.1) is 0 Å². The van der Waals surface area contributed by atoms with Crippen molar-refractivity contribution in [3.8, 4) is 0 Å². The predicted molar refractivity (Wildman–Crippen MR) is 127 cm³/mol. The first kappa shape index (κ1) is 22.2. The average molecular weight is 467 g/mol. The van der Waals surface area contributed by atoms with E-state index in [1.165, 1.54) is 0 Å². The Morgan fingerprint density at radius 1 is 1.03 bits per heavy atom. The molecule has 0 aliphatic carbocycles. The van der Waals surface area contributed by atoms with Gasteiger partial charge in [-0.3, -0.25) is 9.59 Å². The minimum absolute atomic E-state index is 0.219. The quantitative estimate of drug-likeness (QED) is 0.508. The van der Waals surface area contributed by atoms with Gasteiger partial charge in [-0.25, -0.2) is 4.21 Å². The number of hydrogen-bond donors (Lipinski definition) is 1. The molecule has 0 spiro atoms. The van der Waals surface area contributed by atoms with Crippen molar-refractivity contribution >= 4 is 39.9 Å². The molecule has 0 bridgehead atoms. The number of amides is 2. The molecule has 1 aliphatic heterocycles. The Labute approximate surface area is 194 Å². The van der Waals surface area contributed by atoms with Crippen LogP contribution in [0.3, 0.4) is 0 Å². The molecular formula is C25H23ClN2O3S. The van der Waals surface area contributed by atoms with Crippen LogP contribution in [0.15, 0.2) is 76.5 Å². The largest absolute Gasteiger partial charge is 0.352 e. The lowest BCUT2D eigenvalue weighted by Gasteiger charge is -2.23. The summed E-state index contributed by atoms with van der Waals surface area (Å²) < 4.78 is 13.4. The Hall–Kier alpha value is -2.96.